The van der Waals surface area contributed by atoms with Crippen molar-refractivity contribution in [3.63, 3.8) is 0 Å². The lowest BCUT2D eigenvalue weighted by Crippen LogP contribution is -2.53. The maximum Gasteiger partial charge on any atom is 0.230 e. The third kappa shape index (κ3) is 2.69. The molecule has 98 valence electrons. The average Bonchev–Trinajstić information content (AvgIpc) is 2.64. The van der Waals surface area contributed by atoms with E-state index in [1.807, 2.05) is 6.92 Å². The maximum absolute atomic E-state index is 12.2. The molecule has 0 radical (unpaired) electrons. The molecular formula is C11H20N2O3S. The lowest BCUT2D eigenvalue weighted by Gasteiger charge is -2.30. The van der Waals surface area contributed by atoms with Gasteiger partial charge in [-0.05, 0) is 19.8 Å². The van der Waals surface area contributed by atoms with Gasteiger partial charge in [-0.2, -0.15) is 0 Å². The Labute approximate surface area is 104 Å². The minimum Gasteiger partial charge on any atom is -0.379 e. The highest BCUT2D eigenvalue weighted by Crippen LogP contribution is 2.27. The van der Waals surface area contributed by atoms with Gasteiger partial charge in [-0.1, -0.05) is 0 Å². The van der Waals surface area contributed by atoms with Gasteiger partial charge in [-0.25, -0.2) is 0 Å². The SMILES string of the molecule is CC1(C(=O)NC2CCS(=O)CC2)COCC1N. The molecule has 2 aliphatic heterocycles. The van der Waals surface area contributed by atoms with Crippen LogP contribution in [0.4, 0.5) is 0 Å². The second-order valence-corrected chi connectivity index (χ2v) is 6.83. The van der Waals surface area contributed by atoms with E-state index < -0.39 is 16.2 Å². The topological polar surface area (TPSA) is 81.4 Å². The van der Waals surface area contributed by atoms with Gasteiger partial charge in [0.1, 0.15) is 0 Å². The number of hydrogen-bond donors (Lipinski definition) is 2. The molecule has 2 unspecified atom stereocenters. The molecule has 0 aromatic heterocycles. The average molecular weight is 260 g/mol. The summed E-state index contributed by atoms with van der Waals surface area (Å²) in [5.74, 6) is 1.34. The van der Waals surface area contributed by atoms with Crippen LogP contribution in [-0.2, 0) is 20.3 Å². The van der Waals surface area contributed by atoms with E-state index in [2.05, 4.69) is 5.32 Å². The van der Waals surface area contributed by atoms with Gasteiger partial charge in [-0.3, -0.25) is 9.00 Å². The Morgan fingerprint density at radius 2 is 2.12 bits per heavy atom. The summed E-state index contributed by atoms with van der Waals surface area (Å²) in [5.41, 5.74) is 5.29. The predicted molar refractivity (Wildman–Crippen MR) is 65.9 cm³/mol. The van der Waals surface area contributed by atoms with Crippen molar-refractivity contribution < 1.29 is 13.7 Å². The minimum atomic E-state index is -0.696. The molecule has 2 saturated heterocycles. The van der Waals surface area contributed by atoms with E-state index in [0.29, 0.717) is 24.7 Å². The van der Waals surface area contributed by atoms with E-state index in [-0.39, 0.29) is 18.0 Å². The number of ether oxygens (including phenoxy) is 1. The van der Waals surface area contributed by atoms with E-state index in [0.717, 1.165) is 12.8 Å². The van der Waals surface area contributed by atoms with Crippen LogP contribution >= 0.6 is 0 Å². The smallest absolute Gasteiger partial charge is 0.230 e. The van der Waals surface area contributed by atoms with Crippen molar-refractivity contribution >= 4 is 16.7 Å². The number of carbonyl (C=O) groups excluding carboxylic acids is 1. The van der Waals surface area contributed by atoms with Crippen molar-refractivity contribution in [2.45, 2.75) is 31.8 Å². The normalized spacial score (nSPS) is 42.4. The number of nitrogens with two attached hydrogens (primary N) is 1. The molecule has 1 amide bonds. The van der Waals surface area contributed by atoms with Crippen LogP contribution in [0.5, 0.6) is 0 Å². The van der Waals surface area contributed by atoms with Gasteiger partial charge in [-0.15, -0.1) is 0 Å². The molecule has 0 aromatic carbocycles. The number of rotatable bonds is 2. The van der Waals surface area contributed by atoms with Crippen LogP contribution in [0.3, 0.4) is 0 Å². The molecule has 2 aliphatic rings. The second kappa shape index (κ2) is 5.04. The van der Waals surface area contributed by atoms with E-state index in [1.165, 1.54) is 0 Å². The Bertz CT molecular complexity index is 327. The van der Waals surface area contributed by atoms with Gasteiger partial charge in [0, 0.05) is 34.4 Å². The summed E-state index contributed by atoms with van der Waals surface area (Å²) in [6.07, 6.45) is 1.59. The summed E-state index contributed by atoms with van der Waals surface area (Å²) in [4.78, 5) is 12.2. The molecule has 0 bridgehead atoms. The van der Waals surface area contributed by atoms with Crippen LogP contribution in [0.1, 0.15) is 19.8 Å². The second-order valence-electron chi connectivity index (χ2n) is 5.13. The number of carbonyl (C=O) groups is 1. The van der Waals surface area contributed by atoms with Crippen molar-refractivity contribution in [2.24, 2.45) is 11.1 Å². The number of amides is 1. The van der Waals surface area contributed by atoms with Gasteiger partial charge in [0.15, 0.2) is 0 Å². The zero-order chi connectivity index (χ0) is 12.5. The van der Waals surface area contributed by atoms with Crippen molar-refractivity contribution in [3.05, 3.63) is 0 Å². The summed E-state index contributed by atoms with van der Waals surface area (Å²) < 4.78 is 16.5. The van der Waals surface area contributed by atoms with E-state index in [4.69, 9.17) is 10.5 Å². The first-order valence-corrected chi connectivity index (χ1v) is 7.50. The molecule has 0 saturated carbocycles. The highest BCUT2D eigenvalue weighted by atomic mass is 32.2. The first kappa shape index (κ1) is 13.0. The fourth-order valence-corrected chi connectivity index (χ4v) is 3.51. The van der Waals surface area contributed by atoms with E-state index in [1.54, 1.807) is 0 Å². The number of hydrogen-bond acceptors (Lipinski definition) is 4. The lowest BCUT2D eigenvalue weighted by atomic mass is 9.84. The molecule has 2 heterocycles. The monoisotopic (exact) mass is 260 g/mol. The van der Waals surface area contributed by atoms with Gasteiger partial charge < -0.3 is 15.8 Å². The van der Waals surface area contributed by atoms with Gasteiger partial charge in [0.2, 0.25) is 5.91 Å². The Morgan fingerprint density at radius 3 is 2.65 bits per heavy atom. The molecule has 0 aliphatic carbocycles. The van der Waals surface area contributed by atoms with E-state index in [9.17, 15) is 9.00 Å². The molecule has 3 N–H and O–H groups in total. The molecule has 2 fully saturated rings. The maximum atomic E-state index is 12.2. The quantitative estimate of drug-likeness (QED) is 0.693. The first-order chi connectivity index (χ1) is 8.02. The third-order valence-corrected chi connectivity index (χ3v) is 5.14. The first-order valence-electron chi connectivity index (χ1n) is 6.01. The molecule has 5 nitrogen and oxygen atoms in total. The Morgan fingerprint density at radius 1 is 1.47 bits per heavy atom. The fourth-order valence-electron chi connectivity index (χ4n) is 2.21. The highest BCUT2D eigenvalue weighted by Gasteiger charge is 2.44. The molecule has 6 heteroatoms. The van der Waals surface area contributed by atoms with Gasteiger partial charge >= 0.3 is 0 Å². The molecule has 17 heavy (non-hydrogen) atoms. The fraction of sp³-hybridized carbons (Fsp3) is 0.909. The Balaban J connectivity index is 1.90. The van der Waals surface area contributed by atoms with Gasteiger partial charge in [0.25, 0.3) is 0 Å². The summed E-state index contributed by atoms with van der Waals surface area (Å²) in [6.45, 7) is 2.68. The van der Waals surface area contributed by atoms with Crippen molar-refractivity contribution in [3.8, 4) is 0 Å². The standard InChI is InChI=1S/C11H20N2O3S/c1-11(7-16-6-9(11)12)10(14)13-8-2-4-17(15)5-3-8/h8-9H,2-7,12H2,1H3,(H,13,14). The summed E-state index contributed by atoms with van der Waals surface area (Å²) in [7, 11) is -0.696. The lowest BCUT2D eigenvalue weighted by molar-refractivity contribution is -0.131. The third-order valence-electron chi connectivity index (χ3n) is 3.76. The zero-order valence-corrected chi connectivity index (χ0v) is 10.9. The minimum absolute atomic E-state index is 0.0276. The van der Waals surface area contributed by atoms with Gasteiger partial charge in [0.05, 0.1) is 18.6 Å². The Kier molecular flexibility index (Phi) is 3.85. The van der Waals surface area contributed by atoms with Crippen LogP contribution in [0.25, 0.3) is 0 Å². The Hall–Kier alpha value is -0.460. The summed E-state index contributed by atoms with van der Waals surface area (Å²) in [6, 6.07) is -0.0925. The van der Waals surface area contributed by atoms with Crippen LogP contribution in [0.2, 0.25) is 0 Å². The van der Waals surface area contributed by atoms with Crippen LogP contribution in [-0.4, -0.2) is 46.9 Å². The largest absolute Gasteiger partial charge is 0.379 e. The van der Waals surface area contributed by atoms with Crippen molar-refractivity contribution in [1.29, 1.82) is 0 Å². The van der Waals surface area contributed by atoms with Crippen molar-refractivity contribution in [1.82, 2.24) is 5.32 Å². The molecule has 2 atom stereocenters. The van der Waals surface area contributed by atoms with Crippen LogP contribution in [0, 0.1) is 5.41 Å². The van der Waals surface area contributed by atoms with Crippen LogP contribution in [0.15, 0.2) is 0 Å². The molecule has 0 spiro atoms. The summed E-state index contributed by atoms with van der Waals surface area (Å²) >= 11 is 0. The van der Waals surface area contributed by atoms with Crippen LogP contribution < -0.4 is 11.1 Å². The molecule has 0 aromatic rings. The van der Waals surface area contributed by atoms with Crippen molar-refractivity contribution in [2.75, 3.05) is 24.7 Å². The molecule has 2 rings (SSSR count). The van der Waals surface area contributed by atoms with E-state index >= 15 is 0 Å². The highest BCUT2D eigenvalue weighted by molar-refractivity contribution is 7.85. The summed E-state index contributed by atoms with van der Waals surface area (Å²) in [5, 5.41) is 3.02. The molecular weight excluding hydrogens is 240 g/mol. The number of nitrogens with one attached hydrogen (secondary N) is 1. The predicted octanol–water partition coefficient (Wildman–Crippen LogP) is -0.622. The zero-order valence-electron chi connectivity index (χ0n) is 10.1.